The zero-order valence-electron chi connectivity index (χ0n) is 17.6. The summed E-state index contributed by atoms with van der Waals surface area (Å²) in [6, 6.07) is 10.6. The number of nitrogens with zero attached hydrogens (tertiary/aromatic N) is 3. The van der Waals surface area contributed by atoms with Crippen molar-refractivity contribution in [3.05, 3.63) is 58.2 Å². The van der Waals surface area contributed by atoms with Crippen LogP contribution in [0.15, 0.2) is 42.6 Å². The van der Waals surface area contributed by atoms with Crippen LogP contribution in [0.1, 0.15) is 10.4 Å². The molecule has 32 heavy (non-hydrogen) atoms. The van der Waals surface area contributed by atoms with Crippen LogP contribution in [0.4, 0.5) is 0 Å². The van der Waals surface area contributed by atoms with Crippen LogP contribution >= 0.6 is 23.2 Å². The summed E-state index contributed by atoms with van der Waals surface area (Å²) < 4.78 is 16.2. The van der Waals surface area contributed by atoms with E-state index in [0.29, 0.717) is 76.1 Å². The molecule has 7 nitrogen and oxygen atoms in total. The van der Waals surface area contributed by atoms with Gasteiger partial charge < -0.3 is 19.1 Å². The number of aromatic nitrogens is 2. The zero-order valence-corrected chi connectivity index (χ0v) is 19.1. The molecule has 0 bridgehead atoms. The van der Waals surface area contributed by atoms with Gasteiger partial charge in [-0.15, -0.1) is 0 Å². The molecular weight excluding hydrogens is 453 g/mol. The quantitative estimate of drug-likeness (QED) is 0.538. The van der Waals surface area contributed by atoms with Crippen LogP contribution in [-0.4, -0.2) is 61.3 Å². The Bertz CT molecular complexity index is 1150. The summed E-state index contributed by atoms with van der Waals surface area (Å²) in [6.07, 6.45) is 1.55. The number of halogens is 2. The monoisotopic (exact) mass is 473 g/mol. The van der Waals surface area contributed by atoms with Crippen LogP contribution < -0.4 is 9.47 Å². The summed E-state index contributed by atoms with van der Waals surface area (Å²) in [5.41, 5.74) is 2.26. The maximum absolute atomic E-state index is 13.3. The lowest BCUT2D eigenvalue weighted by Gasteiger charge is -2.27. The van der Waals surface area contributed by atoms with Crippen molar-refractivity contribution in [2.45, 2.75) is 0 Å². The van der Waals surface area contributed by atoms with E-state index in [0.717, 1.165) is 0 Å². The van der Waals surface area contributed by atoms with Gasteiger partial charge in [0.2, 0.25) is 0 Å². The van der Waals surface area contributed by atoms with E-state index in [1.807, 2.05) is 6.07 Å². The summed E-state index contributed by atoms with van der Waals surface area (Å²) >= 11 is 12.2. The molecule has 166 valence electrons. The lowest BCUT2D eigenvalue weighted by Crippen LogP contribution is -2.41. The first kappa shape index (κ1) is 22.3. The normalized spacial score (nSPS) is 13.7. The Morgan fingerprint density at radius 3 is 2.38 bits per heavy atom. The van der Waals surface area contributed by atoms with Crippen LogP contribution in [0.3, 0.4) is 0 Å². The summed E-state index contributed by atoms with van der Waals surface area (Å²) in [5.74, 6) is 1.38. The van der Waals surface area contributed by atoms with Gasteiger partial charge in [0.1, 0.15) is 0 Å². The van der Waals surface area contributed by atoms with Gasteiger partial charge in [0.25, 0.3) is 5.91 Å². The molecule has 1 aromatic heterocycles. The topological polar surface area (TPSA) is 73.8 Å². The number of amides is 1. The standard InChI is InChI=1S/C23H21Cl2N3O4/c1-30-19-6-4-14(12-20(19)31-2)21-16(23(29)28-7-9-32-10-8-28)13-26-22(27-21)15-3-5-17(24)18(25)11-15/h3-6,11-13H,7-10H2,1-2H3. The fraction of sp³-hybridized carbons (Fsp3) is 0.261. The van der Waals surface area contributed by atoms with Crippen molar-refractivity contribution in [2.75, 3.05) is 40.5 Å². The Balaban J connectivity index is 1.84. The Labute approximate surface area is 195 Å². The second-order valence-corrected chi connectivity index (χ2v) is 7.87. The average molecular weight is 474 g/mol. The molecule has 1 aliphatic rings. The van der Waals surface area contributed by atoms with Gasteiger partial charge in [-0.3, -0.25) is 4.79 Å². The molecular formula is C23H21Cl2N3O4. The van der Waals surface area contributed by atoms with Gasteiger partial charge in [0.15, 0.2) is 17.3 Å². The number of benzene rings is 2. The van der Waals surface area contributed by atoms with Gasteiger partial charge in [0.05, 0.1) is 48.7 Å². The predicted molar refractivity (Wildman–Crippen MR) is 123 cm³/mol. The highest BCUT2D eigenvalue weighted by atomic mass is 35.5. The summed E-state index contributed by atoms with van der Waals surface area (Å²) in [4.78, 5) is 24.2. The summed E-state index contributed by atoms with van der Waals surface area (Å²) in [5, 5.41) is 0.837. The van der Waals surface area contributed by atoms with Crippen LogP contribution in [-0.2, 0) is 4.74 Å². The van der Waals surface area contributed by atoms with Gasteiger partial charge in [-0.2, -0.15) is 0 Å². The third-order valence-electron chi connectivity index (χ3n) is 5.15. The van der Waals surface area contributed by atoms with Crippen molar-refractivity contribution >= 4 is 29.1 Å². The molecule has 0 saturated carbocycles. The lowest BCUT2D eigenvalue weighted by molar-refractivity contribution is 0.0303. The Morgan fingerprint density at radius 2 is 1.69 bits per heavy atom. The predicted octanol–water partition coefficient (Wildman–Crippen LogP) is 4.61. The third-order valence-corrected chi connectivity index (χ3v) is 5.89. The molecule has 1 saturated heterocycles. The van der Waals surface area contributed by atoms with E-state index in [1.54, 1.807) is 55.6 Å². The number of hydrogen-bond acceptors (Lipinski definition) is 6. The smallest absolute Gasteiger partial charge is 0.257 e. The molecule has 0 atom stereocenters. The molecule has 4 rings (SSSR count). The Kier molecular flexibility index (Phi) is 6.79. The molecule has 9 heteroatoms. The van der Waals surface area contributed by atoms with E-state index in [4.69, 9.17) is 42.4 Å². The Hall–Kier alpha value is -2.87. The van der Waals surface area contributed by atoms with Crippen LogP contribution in [0.2, 0.25) is 10.0 Å². The maximum atomic E-state index is 13.3. The highest BCUT2D eigenvalue weighted by Crippen LogP contribution is 2.34. The van der Waals surface area contributed by atoms with Crippen LogP contribution in [0.5, 0.6) is 11.5 Å². The van der Waals surface area contributed by atoms with E-state index in [-0.39, 0.29) is 5.91 Å². The van der Waals surface area contributed by atoms with Crippen LogP contribution in [0.25, 0.3) is 22.6 Å². The van der Waals surface area contributed by atoms with E-state index in [9.17, 15) is 4.79 Å². The van der Waals surface area contributed by atoms with E-state index in [2.05, 4.69) is 4.98 Å². The Morgan fingerprint density at radius 1 is 0.969 bits per heavy atom. The average Bonchev–Trinajstić information content (AvgIpc) is 2.85. The third kappa shape index (κ3) is 4.50. The molecule has 2 aromatic carbocycles. The number of morpholine rings is 1. The lowest BCUT2D eigenvalue weighted by atomic mass is 10.0. The molecule has 2 heterocycles. The van der Waals surface area contributed by atoms with Crippen molar-refractivity contribution in [3.8, 4) is 34.1 Å². The minimum atomic E-state index is -0.154. The van der Waals surface area contributed by atoms with Gasteiger partial charge >= 0.3 is 0 Å². The molecule has 0 radical (unpaired) electrons. The van der Waals surface area contributed by atoms with Crippen molar-refractivity contribution in [1.29, 1.82) is 0 Å². The fourth-order valence-electron chi connectivity index (χ4n) is 3.45. The first-order valence-corrected chi connectivity index (χ1v) is 10.7. The van der Waals surface area contributed by atoms with Gasteiger partial charge in [0, 0.05) is 30.4 Å². The summed E-state index contributed by atoms with van der Waals surface area (Å²) in [7, 11) is 3.13. The van der Waals surface area contributed by atoms with E-state index in [1.165, 1.54) is 0 Å². The summed E-state index contributed by atoms with van der Waals surface area (Å²) in [6.45, 7) is 2.02. The van der Waals surface area contributed by atoms with Gasteiger partial charge in [-0.1, -0.05) is 23.2 Å². The van der Waals surface area contributed by atoms with Crippen molar-refractivity contribution < 1.29 is 19.0 Å². The van der Waals surface area contributed by atoms with E-state index >= 15 is 0 Å². The molecule has 1 fully saturated rings. The minimum Gasteiger partial charge on any atom is -0.493 e. The van der Waals surface area contributed by atoms with Crippen molar-refractivity contribution in [3.63, 3.8) is 0 Å². The first-order chi connectivity index (χ1) is 15.5. The highest BCUT2D eigenvalue weighted by molar-refractivity contribution is 6.42. The molecule has 1 amide bonds. The maximum Gasteiger partial charge on any atom is 0.257 e. The number of ether oxygens (including phenoxy) is 3. The van der Waals surface area contributed by atoms with Gasteiger partial charge in [-0.05, 0) is 36.4 Å². The SMILES string of the molecule is COc1ccc(-c2nc(-c3ccc(Cl)c(Cl)c3)ncc2C(=O)N2CCOCC2)cc1OC. The van der Waals surface area contributed by atoms with Gasteiger partial charge in [-0.25, -0.2) is 9.97 Å². The number of rotatable bonds is 5. The fourth-order valence-corrected chi connectivity index (χ4v) is 3.75. The van der Waals surface area contributed by atoms with Crippen molar-refractivity contribution in [2.24, 2.45) is 0 Å². The molecule has 0 aliphatic carbocycles. The second kappa shape index (κ2) is 9.73. The first-order valence-electron chi connectivity index (χ1n) is 9.93. The van der Waals surface area contributed by atoms with E-state index < -0.39 is 0 Å². The number of methoxy groups -OCH3 is 2. The number of hydrogen-bond donors (Lipinski definition) is 0. The van der Waals surface area contributed by atoms with Crippen molar-refractivity contribution in [1.82, 2.24) is 14.9 Å². The number of carbonyl (C=O) groups excluding carboxylic acids is 1. The molecule has 3 aromatic rings. The minimum absolute atomic E-state index is 0.154. The number of carbonyl (C=O) groups is 1. The largest absolute Gasteiger partial charge is 0.493 e. The molecule has 0 spiro atoms. The van der Waals surface area contributed by atoms with Crippen LogP contribution in [0, 0.1) is 0 Å². The molecule has 0 N–H and O–H groups in total. The highest BCUT2D eigenvalue weighted by Gasteiger charge is 2.24. The second-order valence-electron chi connectivity index (χ2n) is 7.06. The zero-order chi connectivity index (χ0) is 22.7. The molecule has 1 aliphatic heterocycles. The molecule has 0 unspecified atom stereocenters.